The maximum absolute atomic E-state index is 10.4. The van der Waals surface area contributed by atoms with Crippen LogP contribution in [0.5, 0.6) is 5.75 Å². The standard InChI is InChI=1S/C24H31NO3/c1-23(26)13-16-28-24(19-23)11-14-25(15-12-24)17-20-7-9-22(10-8-20)27-18-21-5-3-2-4-6-21/h2-10,26H,11-19H2,1H3. The van der Waals surface area contributed by atoms with Crippen LogP contribution >= 0.6 is 0 Å². The molecule has 0 amide bonds. The highest BCUT2D eigenvalue weighted by Gasteiger charge is 2.44. The lowest BCUT2D eigenvalue weighted by atomic mass is 9.78. The Labute approximate surface area is 168 Å². The summed E-state index contributed by atoms with van der Waals surface area (Å²) in [5, 5.41) is 10.4. The normalized spacial score (nSPS) is 24.9. The zero-order chi connectivity index (χ0) is 19.5. The first kappa shape index (κ1) is 19.4. The molecule has 1 spiro atoms. The van der Waals surface area contributed by atoms with Crippen molar-refractivity contribution < 1.29 is 14.6 Å². The van der Waals surface area contributed by atoms with Crippen LogP contribution in [0.4, 0.5) is 0 Å². The van der Waals surface area contributed by atoms with Gasteiger partial charge in [0.2, 0.25) is 0 Å². The summed E-state index contributed by atoms with van der Waals surface area (Å²) in [6, 6.07) is 18.7. The van der Waals surface area contributed by atoms with E-state index in [0.717, 1.165) is 51.1 Å². The number of ether oxygens (including phenoxy) is 2. The smallest absolute Gasteiger partial charge is 0.119 e. The number of aliphatic hydroxyl groups is 1. The molecule has 4 nitrogen and oxygen atoms in total. The highest BCUT2D eigenvalue weighted by molar-refractivity contribution is 5.28. The van der Waals surface area contributed by atoms with E-state index >= 15 is 0 Å². The van der Waals surface area contributed by atoms with Crippen molar-refractivity contribution in [1.82, 2.24) is 4.90 Å². The molecule has 2 aliphatic heterocycles. The van der Waals surface area contributed by atoms with Gasteiger partial charge in [0.1, 0.15) is 12.4 Å². The van der Waals surface area contributed by atoms with E-state index in [0.29, 0.717) is 13.2 Å². The Balaban J connectivity index is 1.26. The molecule has 2 saturated heterocycles. The number of piperidine rings is 1. The van der Waals surface area contributed by atoms with E-state index in [1.54, 1.807) is 0 Å². The predicted molar refractivity (Wildman–Crippen MR) is 110 cm³/mol. The third-order valence-electron chi connectivity index (χ3n) is 6.10. The first-order valence-corrected chi connectivity index (χ1v) is 10.4. The van der Waals surface area contributed by atoms with Gasteiger partial charge >= 0.3 is 0 Å². The van der Waals surface area contributed by atoms with Gasteiger partial charge in [-0.25, -0.2) is 0 Å². The number of benzene rings is 2. The van der Waals surface area contributed by atoms with Crippen molar-refractivity contribution in [2.75, 3.05) is 19.7 Å². The van der Waals surface area contributed by atoms with Gasteiger partial charge < -0.3 is 14.6 Å². The van der Waals surface area contributed by atoms with Crippen LogP contribution in [0, 0.1) is 0 Å². The third kappa shape index (κ3) is 4.93. The zero-order valence-corrected chi connectivity index (χ0v) is 16.8. The van der Waals surface area contributed by atoms with Gasteiger partial charge in [-0.1, -0.05) is 42.5 Å². The minimum atomic E-state index is -0.573. The van der Waals surface area contributed by atoms with Crippen LogP contribution in [0.3, 0.4) is 0 Å². The molecule has 0 aromatic heterocycles. The molecule has 28 heavy (non-hydrogen) atoms. The summed E-state index contributed by atoms with van der Waals surface area (Å²) in [5.41, 5.74) is 1.79. The molecule has 0 aliphatic carbocycles. The van der Waals surface area contributed by atoms with E-state index in [-0.39, 0.29) is 5.60 Å². The molecule has 4 heteroatoms. The topological polar surface area (TPSA) is 41.9 Å². The number of nitrogens with zero attached hydrogens (tertiary/aromatic N) is 1. The summed E-state index contributed by atoms with van der Waals surface area (Å²) in [7, 11) is 0. The Hall–Kier alpha value is -1.88. The van der Waals surface area contributed by atoms with Gasteiger partial charge in [-0.15, -0.1) is 0 Å². The second kappa shape index (κ2) is 8.24. The molecule has 4 rings (SSSR count). The Bertz CT molecular complexity index is 749. The number of hydrogen-bond donors (Lipinski definition) is 1. The largest absolute Gasteiger partial charge is 0.489 e. The maximum Gasteiger partial charge on any atom is 0.119 e. The molecule has 1 atom stereocenters. The summed E-state index contributed by atoms with van der Waals surface area (Å²) in [5.74, 6) is 0.906. The van der Waals surface area contributed by atoms with E-state index in [9.17, 15) is 5.11 Å². The molecule has 2 heterocycles. The second-order valence-corrected chi connectivity index (χ2v) is 8.65. The average Bonchev–Trinajstić information content (AvgIpc) is 2.69. The zero-order valence-electron chi connectivity index (χ0n) is 16.8. The Morgan fingerprint density at radius 3 is 2.36 bits per heavy atom. The van der Waals surface area contributed by atoms with Crippen molar-refractivity contribution in [3.63, 3.8) is 0 Å². The van der Waals surface area contributed by atoms with Gasteiger partial charge in [0.15, 0.2) is 0 Å². The van der Waals surface area contributed by atoms with Crippen LogP contribution in [0.15, 0.2) is 54.6 Å². The van der Waals surface area contributed by atoms with Crippen molar-refractivity contribution in [2.45, 2.75) is 57.0 Å². The SMILES string of the molecule is CC1(O)CCOC2(CCN(Cc3ccc(OCc4ccccc4)cc3)CC2)C1. The van der Waals surface area contributed by atoms with Crippen molar-refractivity contribution in [1.29, 1.82) is 0 Å². The minimum Gasteiger partial charge on any atom is -0.489 e. The molecule has 150 valence electrons. The number of likely N-dealkylation sites (tertiary alicyclic amines) is 1. The van der Waals surface area contributed by atoms with Crippen LogP contribution in [0.2, 0.25) is 0 Å². The van der Waals surface area contributed by atoms with Gasteiger partial charge in [-0.05, 0) is 49.4 Å². The highest BCUT2D eigenvalue weighted by Crippen LogP contribution is 2.39. The van der Waals surface area contributed by atoms with Crippen LogP contribution in [-0.4, -0.2) is 40.9 Å². The lowest BCUT2D eigenvalue weighted by Crippen LogP contribution is -2.53. The van der Waals surface area contributed by atoms with Gasteiger partial charge in [-0.3, -0.25) is 4.90 Å². The van der Waals surface area contributed by atoms with Gasteiger partial charge in [0, 0.05) is 26.1 Å². The van der Waals surface area contributed by atoms with E-state index in [1.807, 2.05) is 25.1 Å². The Morgan fingerprint density at radius 2 is 1.68 bits per heavy atom. The lowest BCUT2D eigenvalue weighted by Gasteiger charge is -2.48. The molecule has 2 fully saturated rings. The minimum absolute atomic E-state index is 0.118. The van der Waals surface area contributed by atoms with Crippen LogP contribution in [-0.2, 0) is 17.9 Å². The molecule has 2 aromatic carbocycles. The molecule has 2 aromatic rings. The van der Waals surface area contributed by atoms with Crippen molar-refractivity contribution in [2.24, 2.45) is 0 Å². The Kier molecular flexibility index (Phi) is 5.72. The predicted octanol–water partition coefficient (Wildman–Crippen LogP) is 4.16. The van der Waals surface area contributed by atoms with Crippen molar-refractivity contribution in [3.05, 3.63) is 65.7 Å². The molecule has 2 aliphatic rings. The van der Waals surface area contributed by atoms with Crippen LogP contribution in [0.25, 0.3) is 0 Å². The monoisotopic (exact) mass is 381 g/mol. The van der Waals surface area contributed by atoms with Gasteiger partial charge in [0.25, 0.3) is 0 Å². The van der Waals surface area contributed by atoms with Crippen molar-refractivity contribution in [3.8, 4) is 5.75 Å². The van der Waals surface area contributed by atoms with E-state index < -0.39 is 5.60 Å². The fourth-order valence-corrected chi connectivity index (χ4v) is 4.45. The molecule has 1 N–H and O–H groups in total. The fraction of sp³-hybridized carbons (Fsp3) is 0.500. The summed E-state index contributed by atoms with van der Waals surface area (Å²) >= 11 is 0. The van der Waals surface area contributed by atoms with Crippen LogP contribution < -0.4 is 4.74 Å². The van der Waals surface area contributed by atoms with E-state index in [4.69, 9.17) is 9.47 Å². The van der Waals surface area contributed by atoms with Gasteiger partial charge in [0.05, 0.1) is 17.8 Å². The first-order valence-electron chi connectivity index (χ1n) is 10.4. The molecule has 0 saturated carbocycles. The average molecular weight is 382 g/mol. The summed E-state index contributed by atoms with van der Waals surface area (Å²) in [6.45, 7) is 6.21. The fourth-order valence-electron chi connectivity index (χ4n) is 4.45. The molecule has 0 radical (unpaired) electrons. The molecule has 1 unspecified atom stereocenters. The van der Waals surface area contributed by atoms with E-state index in [2.05, 4.69) is 41.3 Å². The quantitative estimate of drug-likeness (QED) is 0.844. The van der Waals surface area contributed by atoms with Crippen molar-refractivity contribution >= 4 is 0 Å². The maximum atomic E-state index is 10.4. The number of hydrogen-bond acceptors (Lipinski definition) is 4. The molecular weight excluding hydrogens is 350 g/mol. The molecular formula is C24H31NO3. The lowest BCUT2D eigenvalue weighted by molar-refractivity contribution is -0.173. The van der Waals surface area contributed by atoms with Crippen LogP contribution in [0.1, 0.15) is 43.7 Å². The van der Waals surface area contributed by atoms with E-state index in [1.165, 1.54) is 11.1 Å². The van der Waals surface area contributed by atoms with Gasteiger partial charge in [-0.2, -0.15) is 0 Å². The summed E-state index contributed by atoms with van der Waals surface area (Å²) in [4.78, 5) is 2.48. The third-order valence-corrected chi connectivity index (χ3v) is 6.10. The first-order chi connectivity index (χ1) is 13.5. The molecule has 0 bridgehead atoms. The number of rotatable bonds is 5. The summed E-state index contributed by atoms with van der Waals surface area (Å²) < 4.78 is 12.0. The Morgan fingerprint density at radius 1 is 0.964 bits per heavy atom. The summed E-state index contributed by atoms with van der Waals surface area (Å²) in [6.07, 6.45) is 3.52. The highest BCUT2D eigenvalue weighted by atomic mass is 16.5. The second-order valence-electron chi connectivity index (χ2n) is 8.65.